The van der Waals surface area contributed by atoms with Crippen molar-refractivity contribution >= 4 is 29.1 Å². The van der Waals surface area contributed by atoms with Crippen molar-refractivity contribution in [2.75, 3.05) is 25.0 Å². The molecule has 0 atom stereocenters. The van der Waals surface area contributed by atoms with Crippen LogP contribution in [0.5, 0.6) is 0 Å². The SMILES string of the molecule is CCn1ccc(-c2ccccc2NCC2=NCCN2)n1.CCn1ccc(-c2ccccc2[N+](=O)[O-])n1.O=C(O)C=CC(=O)O. The van der Waals surface area contributed by atoms with Crippen LogP contribution in [0.3, 0.4) is 0 Å². The molecule has 0 aliphatic carbocycles. The molecule has 0 saturated heterocycles. The van der Waals surface area contributed by atoms with E-state index in [0.29, 0.717) is 23.4 Å². The average molecular weight is 603 g/mol. The molecule has 2 aromatic heterocycles. The molecule has 4 N–H and O–H groups in total. The van der Waals surface area contributed by atoms with Crippen molar-refractivity contribution in [1.82, 2.24) is 24.9 Å². The predicted octanol–water partition coefficient (Wildman–Crippen LogP) is 4.17. The van der Waals surface area contributed by atoms with Crippen molar-refractivity contribution < 1.29 is 24.7 Å². The zero-order chi connectivity index (χ0) is 31.9. The summed E-state index contributed by atoms with van der Waals surface area (Å²) < 4.78 is 3.68. The van der Waals surface area contributed by atoms with E-state index in [9.17, 15) is 19.7 Å². The van der Waals surface area contributed by atoms with E-state index in [1.165, 1.54) is 6.07 Å². The number of aliphatic imine (C=N–C) groups is 1. The molecule has 0 bridgehead atoms. The van der Waals surface area contributed by atoms with Gasteiger partial charge in [0.2, 0.25) is 0 Å². The second kappa shape index (κ2) is 16.6. The van der Waals surface area contributed by atoms with Gasteiger partial charge >= 0.3 is 11.9 Å². The van der Waals surface area contributed by atoms with Crippen LogP contribution in [0.1, 0.15) is 13.8 Å². The molecule has 0 amide bonds. The van der Waals surface area contributed by atoms with Crippen molar-refractivity contribution in [3.05, 3.63) is 95.3 Å². The number of nitrogens with one attached hydrogen (secondary N) is 2. The van der Waals surface area contributed by atoms with Gasteiger partial charge in [0.1, 0.15) is 5.84 Å². The molecule has 44 heavy (non-hydrogen) atoms. The van der Waals surface area contributed by atoms with Gasteiger partial charge in [0.25, 0.3) is 5.69 Å². The molecule has 3 heterocycles. The number of carbonyl (C=O) groups is 2. The number of hydrogen-bond acceptors (Lipinski definition) is 9. The lowest BCUT2D eigenvalue weighted by atomic mass is 10.1. The zero-order valence-electron chi connectivity index (χ0n) is 24.3. The predicted molar refractivity (Wildman–Crippen MR) is 167 cm³/mol. The molecule has 0 spiro atoms. The zero-order valence-corrected chi connectivity index (χ0v) is 24.3. The first-order valence-electron chi connectivity index (χ1n) is 13.8. The summed E-state index contributed by atoms with van der Waals surface area (Å²) in [6.07, 6.45) is 4.94. The third-order valence-electron chi connectivity index (χ3n) is 6.07. The Kier molecular flexibility index (Phi) is 12.3. The van der Waals surface area contributed by atoms with Crippen molar-refractivity contribution in [2.45, 2.75) is 26.9 Å². The Balaban J connectivity index is 0.000000198. The van der Waals surface area contributed by atoms with Crippen molar-refractivity contribution in [3.8, 4) is 22.5 Å². The Labute approximate surface area is 253 Å². The van der Waals surface area contributed by atoms with E-state index in [1.54, 1.807) is 28.9 Å². The summed E-state index contributed by atoms with van der Waals surface area (Å²) in [5, 5.41) is 42.0. The molecule has 1 aliphatic rings. The van der Waals surface area contributed by atoms with Gasteiger partial charge in [-0.2, -0.15) is 10.2 Å². The lowest BCUT2D eigenvalue weighted by molar-refractivity contribution is -0.384. The van der Waals surface area contributed by atoms with Crippen LogP contribution in [0.4, 0.5) is 11.4 Å². The fraction of sp³-hybridized carbons (Fsp3) is 0.233. The molecule has 0 unspecified atom stereocenters. The largest absolute Gasteiger partial charge is 0.478 e. The van der Waals surface area contributed by atoms with E-state index < -0.39 is 11.9 Å². The molecule has 0 radical (unpaired) electrons. The number of nitro groups is 1. The number of rotatable bonds is 10. The van der Waals surface area contributed by atoms with Crippen LogP contribution in [0.15, 0.2) is 90.2 Å². The summed E-state index contributed by atoms with van der Waals surface area (Å²) in [7, 11) is 0. The normalized spacial score (nSPS) is 11.8. The number of carboxylic acid groups (broad SMARTS) is 2. The van der Waals surface area contributed by atoms with Gasteiger partial charge in [-0.15, -0.1) is 0 Å². The third-order valence-corrected chi connectivity index (χ3v) is 6.07. The van der Waals surface area contributed by atoms with Crippen molar-refractivity contribution in [2.24, 2.45) is 4.99 Å². The van der Waals surface area contributed by atoms with Crippen molar-refractivity contribution in [3.63, 3.8) is 0 Å². The highest BCUT2D eigenvalue weighted by Gasteiger charge is 2.15. The van der Waals surface area contributed by atoms with Crippen LogP contribution in [0, 0.1) is 10.1 Å². The minimum atomic E-state index is -1.26. The van der Waals surface area contributed by atoms with E-state index in [1.807, 2.05) is 36.1 Å². The molecule has 5 rings (SSSR count). The Morgan fingerprint density at radius 3 is 1.95 bits per heavy atom. The van der Waals surface area contributed by atoms with E-state index in [2.05, 4.69) is 50.9 Å². The smallest absolute Gasteiger partial charge is 0.328 e. The molecule has 14 heteroatoms. The highest BCUT2D eigenvalue weighted by Crippen LogP contribution is 2.28. The maximum atomic E-state index is 10.8. The quantitative estimate of drug-likeness (QED) is 0.116. The summed E-state index contributed by atoms with van der Waals surface area (Å²) >= 11 is 0. The number of aliphatic carboxylic acids is 2. The molecular formula is C30H34N8O6. The second-order valence-electron chi connectivity index (χ2n) is 9.05. The first-order valence-corrected chi connectivity index (χ1v) is 13.8. The van der Waals surface area contributed by atoms with Gasteiger partial charge < -0.3 is 20.8 Å². The van der Waals surface area contributed by atoms with Crippen LogP contribution in [-0.2, 0) is 22.7 Å². The van der Waals surface area contributed by atoms with Crippen LogP contribution in [-0.4, -0.2) is 72.1 Å². The van der Waals surface area contributed by atoms with Gasteiger partial charge in [0.05, 0.1) is 35.0 Å². The Hall–Kier alpha value is -5.79. The van der Waals surface area contributed by atoms with E-state index in [4.69, 9.17) is 10.2 Å². The molecule has 14 nitrogen and oxygen atoms in total. The summed E-state index contributed by atoms with van der Waals surface area (Å²) in [5.74, 6) is -1.49. The van der Waals surface area contributed by atoms with Gasteiger partial charge in [-0.1, -0.05) is 30.3 Å². The Bertz CT molecular complexity index is 1610. The highest BCUT2D eigenvalue weighted by atomic mass is 16.6. The Morgan fingerprint density at radius 1 is 0.909 bits per heavy atom. The number of benzene rings is 2. The monoisotopic (exact) mass is 602 g/mol. The minimum absolute atomic E-state index is 0.0869. The average Bonchev–Trinajstić information content (AvgIpc) is 3.82. The van der Waals surface area contributed by atoms with Gasteiger partial charge in [0.15, 0.2) is 0 Å². The lowest BCUT2D eigenvalue weighted by Gasteiger charge is -2.10. The summed E-state index contributed by atoms with van der Waals surface area (Å²) in [4.78, 5) is 34.0. The van der Waals surface area contributed by atoms with E-state index in [-0.39, 0.29) is 10.6 Å². The highest BCUT2D eigenvalue weighted by molar-refractivity contribution is 5.90. The van der Waals surface area contributed by atoms with Crippen LogP contribution < -0.4 is 10.6 Å². The minimum Gasteiger partial charge on any atom is -0.478 e. The Morgan fingerprint density at radius 2 is 1.45 bits per heavy atom. The lowest BCUT2D eigenvalue weighted by Crippen LogP contribution is -2.26. The standard InChI is InChI=1S/C15H19N5.C11H11N3O2.C4H4O4/c1-2-20-10-7-14(19-20)12-5-3-4-6-13(12)18-11-15-16-8-9-17-15;1-2-13-8-7-10(12-13)9-5-3-4-6-11(9)14(15)16;5-3(6)1-2-4(7)8/h3-7,10,18H,2,8-9,11H2,1H3,(H,16,17);3-8H,2H2,1H3;1-2H,(H,5,6)(H,7,8). The topological polar surface area (TPSA) is 190 Å². The van der Waals surface area contributed by atoms with Crippen LogP contribution >= 0.6 is 0 Å². The van der Waals surface area contributed by atoms with Gasteiger partial charge in [-0.3, -0.25) is 24.5 Å². The van der Waals surface area contributed by atoms with E-state index >= 15 is 0 Å². The molecule has 0 saturated carbocycles. The third kappa shape index (κ3) is 9.94. The van der Waals surface area contributed by atoms with Crippen molar-refractivity contribution in [1.29, 1.82) is 0 Å². The summed E-state index contributed by atoms with van der Waals surface area (Å²) in [6, 6.07) is 18.7. The number of nitro benzene ring substituents is 1. The summed E-state index contributed by atoms with van der Waals surface area (Å²) in [5.41, 5.74) is 4.48. The maximum Gasteiger partial charge on any atom is 0.328 e. The second-order valence-corrected chi connectivity index (χ2v) is 9.05. The number of amidine groups is 1. The molecular weight excluding hydrogens is 568 g/mol. The molecule has 2 aromatic carbocycles. The fourth-order valence-corrected chi connectivity index (χ4v) is 3.96. The maximum absolute atomic E-state index is 10.8. The number of carboxylic acids is 2. The first-order chi connectivity index (χ1) is 21.2. The number of anilines is 1. The van der Waals surface area contributed by atoms with Crippen LogP contribution in [0.2, 0.25) is 0 Å². The number of para-hydroxylation sites is 2. The van der Waals surface area contributed by atoms with E-state index in [0.717, 1.165) is 55.5 Å². The summed E-state index contributed by atoms with van der Waals surface area (Å²) in [6.45, 7) is 8.24. The number of aromatic nitrogens is 4. The molecule has 1 aliphatic heterocycles. The number of aryl methyl sites for hydroxylation is 2. The number of hydrogen-bond donors (Lipinski definition) is 4. The molecule has 4 aromatic rings. The van der Waals surface area contributed by atoms with Gasteiger partial charge in [0, 0.05) is 61.5 Å². The molecule has 0 fully saturated rings. The number of nitrogens with zero attached hydrogens (tertiary/aromatic N) is 6. The fourth-order valence-electron chi connectivity index (χ4n) is 3.96. The van der Waals surface area contributed by atoms with Gasteiger partial charge in [-0.05, 0) is 38.1 Å². The molecule has 230 valence electrons. The van der Waals surface area contributed by atoms with Gasteiger partial charge in [-0.25, -0.2) is 9.59 Å². The first kappa shape index (κ1) is 32.7. The van der Waals surface area contributed by atoms with Crippen LogP contribution in [0.25, 0.3) is 22.5 Å².